The van der Waals surface area contributed by atoms with Crippen LogP contribution in [0.5, 0.6) is 11.5 Å². The van der Waals surface area contributed by atoms with Gasteiger partial charge in [0.25, 0.3) is 0 Å². The third kappa shape index (κ3) is 9.70. The van der Waals surface area contributed by atoms with Gasteiger partial charge in [-0.2, -0.15) is 0 Å². The molecule has 0 amide bonds. The van der Waals surface area contributed by atoms with Gasteiger partial charge in [-0.3, -0.25) is 14.6 Å². The molecule has 6 aliphatic heterocycles. The molecule has 14 nitrogen and oxygen atoms in total. The molecule has 12 unspecified atom stereocenters. The second-order valence-electron chi connectivity index (χ2n) is 17.3. The van der Waals surface area contributed by atoms with Crippen LogP contribution in [0.4, 0.5) is 0 Å². The van der Waals surface area contributed by atoms with Crippen LogP contribution >= 0.6 is 0 Å². The van der Waals surface area contributed by atoms with Crippen molar-refractivity contribution < 1.29 is 39.8 Å². The smallest absolute Gasteiger partial charge is 0.302 e. The number of carbonyl (C=O) groups is 1. The van der Waals surface area contributed by atoms with E-state index in [0.717, 1.165) is 64.8 Å². The topological polar surface area (TPSA) is 206 Å². The van der Waals surface area contributed by atoms with Crippen LogP contribution in [0.2, 0.25) is 0 Å². The Labute approximate surface area is 324 Å². The van der Waals surface area contributed by atoms with Crippen molar-refractivity contribution in [1.82, 2.24) is 20.4 Å². The summed E-state index contributed by atoms with van der Waals surface area (Å²) in [5.41, 5.74) is 6.61. The van der Waals surface area contributed by atoms with Crippen molar-refractivity contribution in [3.8, 4) is 23.3 Å². The highest BCUT2D eigenvalue weighted by atomic mass is 16.5. The number of aliphatic hydroxyl groups is 4. The number of phenols is 1. The summed E-state index contributed by atoms with van der Waals surface area (Å²) in [5.74, 6) is 7.65. The number of nitrogens with one attached hydrogen (secondary N) is 2. The Kier molecular flexibility index (Phi) is 12.8. The van der Waals surface area contributed by atoms with E-state index in [1.165, 1.54) is 13.0 Å². The van der Waals surface area contributed by atoms with E-state index < -0.39 is 35.8 Å². The van der Waals surface area contributed by atoms with Gasteiger partial charge in [-0.1, -0.05) is 18.3 Å². The Morgan fingerprint density at radius 3 is 2.80 bits per heavy atom. The van der Waals surface area contributed by atoms with Gasteiger partial charge in [0.1, 0.15) is 12.2 Å². The highest BCUT2D eigenvalue weighted by Gasteiger charge is 2.43. The van der Waals surface area contributed by atoms with Crippen molar-refractivity contribution in [2.24, 2.45) is 39.8 Å². The first-order chi connectivity index (χ1) is 26.5. The minimum absolute atomic E-state index is 0.0525. The van der Waals surface area contributed by atoms with Crippen molar-refractivity contribution in [3.05, 3.63) is 23.3 Å². The maximum Gasteiger partial charge on any atom is 0.302 e. The predicted octanol–water partition coefficient (Wildman–Crippen LogP) is 1.18. The Bertz CT molecular complexity index is 1600. The molecule has 14 heteroatoms. The summed E-state index contributed by atoms with van der Waals surface area (Å²) in [5, 5.41) is 61.5. The van der Waals surface area contributed by atoms with Gasteiger partial charge in [-0.15, -0.1) is 0 Å². The Balaban J connectivity index is 1.30. The number of ether oxygens (including phenoxy) is 2. The molecule has 55 heavy (non-hydrogen) atoms. The van der Waals surface area contributed by atoms with Gasteiger partial charge in [-0.25, -0.2) is 4.99 Å². The number of aromatic hydroxyl groups is 1. The summed E-state index contributed by atoms with van der Waals surface area (Å²) in [6, 6.07) is 3.31. The van der Waals surface area contributed by atoms with Crippen molar-refractivity contribution in [1.29, 1.82) is 0 Å². The van der Waals surface area contributed by atoms with Crippen LogP contribution in [0.1, 0.15) is 88.5 Å². The fourth-order valence-corrected chi connectivity index (χ4v) is 10.5. The van der Waals surface area contributed by atoms with E-state index in [2.05, 4.69) is 32.3 Å². The zero-order chi connectivity index (χ0) is 38.7. The largest absolute Gasteiger partial charge is 0.504 e. The first-order valence-corrected chi connectivity index (χ1v) is 20.6. The lowest BCUT2D eigenvalue weighted by Crippen LogP contribution is -2.59. The molecule has 9 N–H and O–H groups in total. The van der Waals surface area contributed by atoms with E-state index in [1.54, 1.807) is 6.07 Å². The summed E-state index contributed by atoms with van der Waals surface area (Å²) in [7, 11) is 0. The number of guanidine groups is 1. The van der Waals surface area contributed by atoms with Gasteiger partial charge in [0, 0.05) is 75.6 Å². The Morgan fingerprint density at radius 1 is 1.15 bits per heavy atom. The normalized spacial score (nSPS) is 38.4. The number of rotatable bonds is 3. The molecule has 0 saturated carbocycles. The molecular weight excluding hydrogens is 704 g/mol. The average Bonchev–Trinajstić information content (AvgIpc) is 3.16. The average molecular weight is 767 g/mol. The standard InChI is InChI=1S/C41H62N6O8/c1-25(49)54-37-17-31(50)6-9-41(10-12-47-20-26-13-29(35(47)22-48)21-46(19-26)24-45-40(42)44-23-41)8-5-27-3-2-4-30-16-32(7-11-43-30)55-38-15-28(14-33(27)37)34(39(52)53)18-36(38)51/h15,18,26-27,29-33,35,37,39,43,48,50-53H,2-4,6-7,9-14,16-17,19-24H2,1H3,(H3,42,44,45). The fraction of sp³-hybridized carbons (Fsp3) is 0.756. The van der Waals surface area contributed by atoms with E-state index in [4.69, 9.17) is 20.2 Å². The third-order valence-electron chi connectivity index (χ3n) is 13.3. The molecule has 8 rings (SSSR count). The summed E-state index contributed by atoms with van der Waals surface area (Å²) >= 11 is 0. The van der Waals surface area contributed by atoms with Crippen molar-refractivity contribution in [2.75, 3.05) is 52.5 Å². The number of fused-ring (bicyclic) bond motifs is 9. The zero-order valence-electron chi connectivity index (χ0n) is 32.2. The van der Waals surface area contributed by atoms with Crippen LogP contribution in [0.3, 0.4) is 0 Å². The molecule has 1 aliphatic carbocycles. The molecule has 0 aromatic heterocycles. The van der Waals surface area contributed by atoms with Crippen LogP contribution in [0.15, 0.2) is 17.1 Å². The number of aliphatic imine (C=N–C) groups is 1. The third-order valence-corrected chi connectivity index (χ3v) is 13.3. The molecule has 3 fully saturated rings. The molecular formula is C41H62N6O8. The summed E-state index contributed by atoms with van der Waals surface area (Å²) in [4.78, 5) is 22.2. The molecule has 1 aromatic rings. The quantitative estimate of drug-likeness (QED) is 0.124. The van der Waals surface area contributed by atoms with Crippen molar-refractivity contribution >= 4 is 11.9 Å². The number of aliphatic hydroxyl groups excluding tert-OH is 3. The number of nitrogens with zero attached hydrogens (tertiary/aromatic N) is 3. The number of benzene rings is 1. The van der Waals surface area contributed by atoms with E-state index >= 15 is 0 Å². The van der Waals surface area contributed by atoms with Crippen LogP contribution in [0, 0.1) is 40.9 Å². The minimum Gasteiger partial charge on any atom is -0.504 e. The molecule has 7 aliphatic rings. The predicted molar refractivity (Wildman–Crippen MR) is 206 cm³/mol. The molecule has 12 atom stereocenters. The highest BCUT2D eigenvalue weighted by molar-refractivity contribution is 5.77. The molecule has 1 aromatic carbocycles. The second-order valence-corrected chi connectivity index (χ2v) is 17.3. The summed E-state index contributed by atoms with van der Waals surface area (Å²) < 4.78 is 12.4. The second kappa shape index (κ2) is 17.5. The van der Waals surface area contributed by atoms with Crippen LogP contribution in [-0.4, -0.2) is 130 Å². The number of phenolic OH excluding ortho intramolecular Hbond substituents is 1. The van der Waals surface area contributed by atoms with E-state index in [1.807, 2.05) is 0 Å². The zero-order valence-corrected chi connectivity index (χ0v) is 32.2. The SMILES string of the molecule is CC(=O)OC1CC(O)CCC2(C#CC3CCCC4CC(CCN4)Oc4cc(c(C(O)O)cc4O)CC31)CCN1CC3CC(CN(CN=C(N)NC2)C3)C1CO. The van der Waals surface area contributed by atoms with Gasteiger partial charge in [0.15, 0.2) is 23.7 Å². The van der Waals surface area contributed by atoms with E-state index in [9.17, 15) is 30.3 Å². The minimum atomic E-state index is -1.86. The van der Waals surface area contributed by atoms with Gasteiger partial charge < -0.3 is 51.4 Å². The van der Waals surface area contributed by atoms with Crippen molar-refractivity contribution in [2.45, 2.75) is 114 Å². The highest BCUT2D eigenvalue weighted by Crippen LogP contribution is 2.41. The number of esters is 1. The van der Waals surface area contributed by atoms with Gasteiger partial charge in [0.2, 0.25) is 0 Å². The molecule has 3 saturated heterocycles. The number of nitrogens with two attached hydrogens (primary N) is 1. The Hall–Kier alpha value is -3.16. The number of piperidine rings is 3. The lowest BCUT2D eigenvalue weighted by molar-refractivity contribution is -0.152. The number of hydrogen-bond donors (Lipinski definition) is 8. The molecule has 0 radical (unpaired) electrons. The monoisotopic (exact) mass is 766 g/mol. The maximum atomic E-state index is 12.7. The lowest BCUT2D eigenvalue weighted by Gasteiger charge is -2.50. The first-order valence-electron chi connectivity index (χ1n) is 20.6. The van der Waals surface area contributed by atoms with E-state index in [-0.39, 0.29) is 60.6 Å². The van der Waals surface area contributed by atoms with Crippen LogP contribution in [-0.2, 0) is 16.0 Å². The van der Waals surface area contributed by atoms with Gasteiger partial charge in [0.05, 0.1) is 24.8 Å². The molecule has 304 valence electrons. The maximum absolute atomic E-state index is 12.7. The lowest BCUT2D eigenvalue weighted by atomic mass is 9.73. The van der Waals surface area contributed by atoms with Gasteiger partial charge >= 0.3 is 5.97 Å². The van der Waals surface area contributed by atoms with Crippen LogP contribution < -0.4 is 21.1 Å². The fourth-order valence-electron chi connectivity index (χ4n) is 10.5. The van der Waals surface area contributed by atoms with Gasteiger partial charge in [-0.05, 0) is 93.9 Å². The molecule has 8 bridgehead atoms. The summed E-state index contributed by atoms with van der Waals surface area (Å²) in [6.45, 7) is 6.65. The summed E-state index contributed by atoms with van der Waals surface area (Å²) in [6.07, 6.45) is 3.70. The number of carbonyl (C=O) groups excluding carboxylic acids is 1. The van der Waals surface area contributed by atoms with Crippen molar-refractivity contribution in [3.63, 3.8) is 0 Å². The Morgan fingerprint density at radius 2 is 2.00 bits per heavy atom. The molecule has 6 heterocycles. The molecule has 1 spiro atoms. The van der Waals surface area contributed by atoms with E-state index in [0.29, 0.717) is 62.3 Å². The number of hydrogen-bond acceptors (Lipinski definition) is 14. The first kappa shape index (κ1) is 40.1. The van der Waals surface area contributed by atoms with Crippen LogP contribution in [0.25, 0.3) is 0 Å².